The van der Waals surface area contributed by atoms with E-state index < -0.39 is 0 Å². The highest BCUT2D eigenvalue weighted by atomic mass is 16.5. The summed E-state index contributed by atoms with van der Waals surface area (Å²) in [4.78, 5) is 0. The number of hydrogen-bond donors (Lipinski definition) is 1. The first-order chi connectivity index (χ1) is 9.19. The molecule has 0 saturated heterocycles. The molecular formula is C16H16O3. The summed E-state index contributed by atoms with van der Waals surface area (Å²) in [5.74, 6) is 1.33. The topological polar surface area (TPSA) is 38.7 Å². The Balaban J connectivity index is 2.56. The van der Waals surface area contributed by atoms with Crippen molar-refractivity contribution in [3.05, 3.63) is 48.5 Å². The summed E-state index contributed by atoms with van der Waals surface area (Å²) in [6.07, 6.45) is 1.72. The van der Waals surface area contributed by atoms with Crippen molar-refractivity contribution < 1.29 is 14.6 Å². The molecule has 2 aromatic carbocycles. The maximum atomic E-state index is 10.2. The number of benzene rings is 2. The van der Waals surface area contributed by atoms with Gasteiger partial charge in [-0.1, -0.05) is 24.8 Å². The Morgan fingerprint density at radius 1 is 1.05 bits per heavy atom. The number of aromatic hydroxyl groups is 1. The first kappa shape index (κ1) is 13.0. The first-order valence-electron chi connectivity index (χ1n) is 5.87. The second kappa shape index (κ2) is 5.48. The van der Waals surface area contributed by atoms with Gasteiger partial charge in [0.15, 0.2) is 11.5 Å². The van der Waals surface area contributed by atoms with Crippen LogP contribution in [0.15, 0.2) is 43.0 Å². The molecule has 0 atom stereocenters. The van der Waals surface area contributed by atoms with Crippen molar-refractivity contribution in [3.8, 4) is 28.4 Å². The minimum atomic E-state index is 0.123. The van der Waals surface area contributed by atoms with Gasteiger partial charge in [-0.2, -0.15) is 0 Å². The second-order valence-corrected chi connectivity index (χ2v) is 4.05. The molecular weight excluding hydrogens is 240 g/mol. The molecule has 2 rings (SSSR count). The average molecular weight is 256 g/mol. The summed E-state index contributed by atoms with van der Waals surface area (Å²) >= 11 is 0. The summed E-state index contributed by atoms with van der Waals surface area (Å²) in [6.45, 7) is 3.74. The molecule has 0 spiro atoms. The van der Waals surface area contributed by atoms with E-state index in [9.17, 15) is 5.11 Å². The standard InChI is InChI=1S/C16H16O3/c1-4-11-9-14(16(17)15(10-11)19-3)12-5-7-13(18-2)8-6-12/h4-10,17H,1H2,2-3H3. The van der Waals surface area contributed by atoms with Crippen molar-refractivity contribution in [2.45, 2.75) is 0 Å². The molecule has 3 nitrogen and oxygen atoms in total. The number of ether oxygens (including phenoxy) is 2. The van der Waals surface area contributed by atoms with Crippen LogP contribution in [0.1, 0.15) is 5.56 Å². The molecule has 3 heteroatoms. The number of phenolic OH excluding ortho intramolecular Hbond substituents is 1. The van der Waals surface area contributed by atoms with E-state index in [1.54, 1.807) is 19.3 Å². The van der Waals surface area contributed by atoms with E-state index in [1.807, 2.05) is 30.3 Å². The van der Waals surface area contributed by atoms with E-state index in [1.165, 1.54) is 7.11 Å². The highest BCUT2D eigenvalue weighted by molar-refractivity contribution is 5.77. The van der Waals surface area contributed by atoms with Gasteiger partial charge in [0.05, 0.1) is 14.2 Å². The summed E-state index contributed by atoms with van der Waals surface area (Å²) in [5, 5.41) is 10.2. The monoisotopic (exact) mass is 256 g/mol. The molecule has 0 radical (unpaired) electrons. The summed E-state index contributed by atoms with van der Waals surface area (Å²) < 4.78 is 10.3. The predicted octanol–water partition coefficient (Wildman–Crippen LogP) is 3.72. The van der Waals surface area contributed by atoms with Crippen LogP contribution in [0.3, 0.4) is 0 Å². The lowest BCUT2D eigenvalue weighted by Crippen LogP contribution is -1.89. The molecule has 0 bridgehead atoms. The second-order valence-electron chi connectivity index (χ2n) is 4.05. The largest absolute Gasteiger partial charge is 0.504 e. The summed E-state index contributed by atoms with van der Waals surface area (Å²) in [7, 11) is 3.15. The van der Waals surface area contributed by atoms with Crippen LogP contribution in [-0.2, 0) is 0 Å². The van der Waals surface area contributed by atoms with Gasteiger partial charge in [-0.15, -0.1) is 0 Å². The van der Waals surface area contributed by atoms with E-state index in [0.717, 1.165) is 16.9 Å². The van der Waals surface area contributed by atoms with E-state index in [-0.39, 0.29) is 5.75 Å². The summed E-state index contributed by atoms with van der Waals surface area (Å²) in [5.41, 5.74) is 2.48. The molecule has 0 unspecified atom stereocenters. The van der Waals surface area contributed by atoms with Gasteiger partial charge in [0, 0.05) is 5.56 Å². The zero-order valence-corrected chi connectivity index (χ0v) is 11.0. The molecule has 0 aromatic heterocycles. The van der Waals surface area contributed by atoms with E-state index >= 15 is 0 Å². The lowest BCUT2D eigenvalue weighted by molar-refractivity contribution is 0.374. The highest BCUT2D eigenvalue weighted by Gasteiger charge is 2.11. The number of rotatable bonds is 4. The van der Waals surface area contributed by atoms with Gasteiger partial charge in [-0.3, -0.25) is 0 Å². The molecule has 0 fully saturated rings. The lowest BCUT2D eigenvalue weighted by atomic mass is 10.0. The molecule has 0 aliphatic heterocycles. The van der Waals surface area contributed by atoms with E-state index in [0.29, 0.717) is 11.3 Å². The van der Waals surface area contributed by atoms with E-state index in [2.05, 4.69) is 6.58 Å². The third-order valence-corrected chi connectivity index (χ3v) is 2.95. The summed E-state index contributed by atoms with van der Waals surface area (Å²) in [6, 6.07) is 11.1. The molecule has 0 saturated carbocycles. The van der Waals surface area contributed by atoms with Gasteiger partial charge in [0.2, 0.25) is 0 Å². The SMILES string of the molecule is C=Cc1cc(OC)c(O)c(-c2ccc(OC)cc2)c1. The van der Waals surface area contributed by atoms with Crippen LogP contribution in [0.4, 0.5) is 0 Å². The van der Waals surface area contributed by atoms with Crippen molar-refractivity contribution in [1.29, 1.82) is 0 Å². The number of methoxy groups -OCH3 is 2. The van der Waals surface area contributed by atoms with Gasteiger partial charge < -0.3 is 14.6 Å². The molecule has 0 amide bonds. The molecule has 98 valence electrons. The fourth-order valence-electron chi connectivity index (χ4n) is 1.89. The number of phenols is 1. The molecule has 19 heavy (non-hydrogen) atoms. The van der Waals surface area contributed by atoms with Crippen molar-refractivity contribution in [1.82, 2.24) is 0 Å². The third kappa shape index (κ3) is 2.55. The lowest BCUT2D eigenvalue weighted by Gasteiger charge is -2.11. The van der Waals surface area contributed by atoms with Crippen LogP contribution < -0.4 is 9.47 Å². The van der Waals surface area contributed by atoms with Crippen LogP contribution in [0.2, 0.25) is 0 Å². The molecule has 0 heterocycles. The van der Waals surface area contributed by atoms with Crippen LogP contribution in [0.5, 0.6) is 17.2 Å². The Hall–Kier alpha value is -2.42. The third-order valence-electron chi connectivity index (χ3n) is 2.95. The van der Waals surface area contributed by atoms with Crippen LogP contribution in [0, 0.1) is 0 Å². The maximum absolute atomic E-state index is 10.2. The van der Waals surface area contributed by atoms with E-state index in [4.69, 9.17) is 9.47 Å². The van der Waals surface area contributed by atoms with Gasteiger partial charge >= 0.3 is 0 Å². The average Bonchev–Trinajstić information content (AvgIpc) is 2.47. The number of hydrogen-bond acceptors (Lipinski definition) is 3. The van der Waals surface area contributed by atoms with Crippen molar-refractivity contribution in [2.75, 3.05) is 14.2 Å². The Bertz CT molecular complexity index is 586. The smallest absolute Gasteiger partial charge is 0.165 e. The van der Waals surface area contributed by atoms with Crippen molar-refractivity contribution in [2.24, 2.45) is 0 Å². The van der Waals surface area contributed by atoms with Gasteiger partial charge in [0.25, 0.3) is 0 Å². The Kier molecular flexibility index (Phi) is 3.76. The zero-order valence-electron chi connectivity index (χ0n) is 11.0. The molecule has 0 aliphatic rings. The maximum Gasteiger partial charge on any atom is 0.165 e. The van der Waals surface area contributed by atoms with Crippen LogP contribution in [-0.4, -0.2) is 19.3 Å². The van der Waals surface area contributed by atoms with Crippen LogP contribution >= 0.6 is 0 Å². The van der Waals surface area contributed by atoms with Gasteiger partial charge in [-0.25, -0.2) is 0 Å². The minimum Gasteiger partial charge on any atom is -0.504 e. The fraction of sp³-hybridized carbons (Fsp3) is 0.125. The Labute approximate surface area is 112 Å². The van der Waals surface area contributed by atoms with Gasteiger partial charge in [0.1, 0.15) is 5.75 Å². The van der Waals surface area contributed by atoms with Gasteiger partial charge in [-0.05, 0) is 35.4 Å². The fourth-order valence-corrected chi connectivity index (χ4v) is 1.89. The molecule has 0 aliphatic carbocycles. The van der Waals surface area contributed by atoms with Crippen molar-refractivity contribution >= 4 is 6.08 Å². The minimum absolute atomic E-state index is 0.123. The highest BCUT2D eigenvalue weighted by Crippen LogP contribution is 2.38. The van der Waals surface area contributed by atoms with Crippen LogP contribution in [0.25, 0.3) is 17.2 Å². The quantitative estimate of drug-likeness (QED) is 0.906. The van der Waals surface area contributed by atoms with Crippen molar-refractivity contribution in [3.63, 3.8) is 0 Å². The normalized spacial score (nSPS) is 10.0. The first-order valence-corrected chi connectivity index (χ1v) is 5.87. The zero-order chi connectivity index (χ0) is 13.8. The Morgan fingerprint density at radius 2 is 1.74 bits per heavy atom. The molecule has 1 N–H and O–H groups in total. The predicted molar refractivity (Wildman–Crippen MR) is 76.7 cm³/mol. The Morgan fingerprint density at radius 3 is 2.26 bits per heavy atom. The molecule has 2 aromatic rings.